The highest BCUT2D eigenvalue weighted by Crippen LogP contribution is 2.19. The predicted molar refractivity (Wildman–Crippen MR) is 78.5 cm³/mol. The zero-order valence-electron chi connectivity index (χ0n) is 12.1. The fourth-order valence-corrected chi connectivity index (χ4v) is 1.75. The fourth-order valence-electron chi connectivity index (χ4n) is 1.75. The lowest BCUT2D eigenvalue weighted by atomic mass is 10.1. The van der Waals surface area contributed by atoms with Gasteiger partial charge in [0.2, 0.25) is 5.91 Å². The van der Waals surface area contributed by atoms with Gasteiger partial charge in [-0.25, -0.2) is 0 Å². The maximum Gasteiger partial charge on any atom is 0.220 e. The molecule has 5 nitrogen and oxygen atoms in total. The summed E-state index contributed by atoms with van der Waals surface area (Å²) >= 11 is 0. The highest BCUT2D eigenvalue weighted by atomic mass is 16.5. The summed E-state index contributed by atoms with van der Waals surface area (Å²) < 4.78 is 5.57. The van der Waals surface area contributed by atoms with Gasteiger partial charge in [0.1, 0.15) is 5.75 Å². The van der Waals surface area contributed by atoms with E-state index in [2.05, 4.69) is 5.32 Å². The van der Waals surface area contributed by atoms with Gasteiger partial charge in [-0.3, -0.25) is 4.79 Å². The van der Waals surface area contributed by atoms with Gasteiger partial charge < -0.3 is 20.9 Å². The Morgan fingerprint density at radius 1 is 1.45 bits per heavy atom. The Balaban J connectivity index is 2.50. The first kappa shape index (κ1) is 16.5. The van der Waals surface area contributed by atoms with Gasteiger partial charge in [0.15, 0.2) is 0 Å². The minimum absolute atomic E-state index is 0.0818. The number of ether oxygens (including phenoxy) is 1. The Bertz CT molecular complexity index is 421. The van der Waals surface area contributed by atoms with Gasteiger partial charge in [-0.05, 0) is 44.5 Å². The van der Waals surface area contributed by atoms with Crippen molar-refractivity contribution in [3.8, 4) is 5.75 Å². The van der Waals surface area contributed by atoms with Gasteiger partial charge in [-0.1, -0.05) is 12.1 Å². The van der Waals surface area contributed by atoms with Crippen molar-refractivity contribution < 1.29 is 14.6 Å². The van der Waals surface area contributed by atoms with Crippen LogP contribution in [-0.2, 0) is 4.79 Å². The second-order valence-electron chi connectivity index (χ2n) is 4.95. The third-order valence-corrected chi connectivity index (χ3v) is 2.72. The van der Waals surface area contributed by atoms with E-state index < -0.39 is 6.10 Å². The standard InChI is InChI=1S/C15H24N2O3/c1-11(2)20-13-6-3-5-12(9-13)14(18)10-17-15(19)7-4-8-16/h3,5-6,9,11,14,18H,4,7-8,10,16H2,1-2H3,(H,17,19). The number of amides is 1. The van der Waals surface area contributed by atoms with E-state index in [4.69, 9.17) is 10.5 Å². The molecule has 0 aromatic heterocycles. The van der Waals surface area contributed by atoms with Crippen LogP contribution in [0.15, 0.2) is 24.3 Å². The van der Waals surface area contributed by atoms with Crippen molar-refractivity contribution in [1.29, 1.82) is 0 Å². The topological polar surface area (TPSA) is 84.6 Å². The third kappa shape index (κ3) is 6.04. The number of rotatable bonds is 8. The molecule has 0 spiro atoms. The van der Waals surface area contributed by atoms with E-state index >= 15 is 0 Å². The Morgan fingerprint density at radius 3 is 2.85 bits per heavy atom. The summed E-state index contributed by atoms with van der Waals surface area (Å²) in [6.45, 7) is 4.57. The zero-order valence-corrected chi connectivity index (χ0v) is 12.1. The minimum atomic E-state index is -0.743. The molecule has 1 rings (SSSR count). The fraction of sp³-hybridized carbons (Fsp3) is 0.533. The normalized spacial score (nSPS) is 12.2. The molecule has 1 aromatic rings. The van der Waals surface area contributed by atoms with E-state index in [9.17, 15) is 9.90 Å². The molecule has 0 heterocycles. The first-order chi connectivity index (χ1) is 9.52. The molecule has 0 fully saturated rings. The van der Waals surface area contributed by atoms with Crippen molar-refractivity contribution in [2.45, 2.75) is 38.9 Å². The lowest BCUT2D eigenvalue weighted by Crippen LogP contribution is -2.28. The number of hydrogen-bond donors (Lipinski definition) is 3. The molecule has 0 aliphatic carbocycles. The van der Waals surface area contributed by atoms with E-state index in [0.717, 1.165) is 5.56 Å². The lowest BCUT2D eigenvalue weighted by molar-refractivity contribution is -0.121. The number of nitrogens with two attached hydrogens (primary N) is 1. The predicted octanol–water partition coefficient (Wildman–Crippen LogP) is 1.36. The Labute approximate surface area is 120 Å². The van der Waals surface area contributed by atoms with E-state index in [1.807, 2.05) is 32.0 Å². The summed E-state index contributed by atoms with van der Waals surface area (Å²) in [5, 5.41) is 12.7. The van der Waals surface area contributed by atoms with Gasteiger partial charge >= 0.3 is 0 Å². The molecule has 20 heavy (non-hydrogen) atoms. The third-order valence-electron chi connectivity index (χ3n) is 2.72. The van der Waals surface area contributed by atoms with Crippen molar-refractivity contribution in [2.75, 3.05) is 13.1 Å². The largest absolute Gasteiger partial charge is 0.491 e. The summed E-state index contributed by atoms with van der Waals surface area (Å²) in [6, 6.07) is 7.27. The smallest absolute Gasteiger partial charge is 0.220 e. The molecular weight excluding hydrogens is 256 g/mol. The van der Waals surface area contributed by atoms with Crippen LogP contribution in [-0.4, -0.2) is 30.2 Å². The minimum Gasteiger partial charge on any atom is -0.491 e. The van der Waals surface area contributed by atoms with E-state index in [0.29, 0.717) is 25.1 Å². The SMILES string of the molecule is CC(C)Oc1cccc(C(O)CNC(=O)CCCN)c1. The van der Waals surface area contributed by atoms with E-state index in [1.54, 1.807) is 6.07 Å². The van der Waals surface area contributed by atoms with E-state index in [1.165, 1.54) is 0 Å². The number of carbonyl (C=O) groups excluding carboxylic acids is 1. The van der Waals surface area contributed by atoms with Crippen LogP contribution in [0.5, 0.6) is 5.75 Å². The van der Waals surface area contributed by atoms with Crippen molar-refractivity contribution in [3.63, 3.8) is 0 Å². The van der Waals surface area contributed by atoms with Gasteiger partial charge in [0.05, 0.1) is 12.2 Å². The van der Waals surface area contributed by atoms with Crippen molar-refractivity contribution in [2.24, 2.45) is 5.73 Å². The van der Waals surface area contributed by atoms with Crippen LogP contribution in [0.4, 0.5) is 0 Å². The van der Waals surface area contributed by atoms with E-state index in [-0.39, 0.29) is 18.6 Å². The van der Waals surface area contributed by atoms with Crippen LogP contribution in [0.1, 0.15) is 38.4 Å². The molecule has 1 unspecified atom stereocenters. The van der Waals surface area contributed by atoms with Crippen LogP contribution in [0, 0.1) is 0 Å². The molecule has 0 saturated heterocycles. The van der Waals surface area contributed by atoms with Crippen LogP contribution >= 0.6 is 0 Å². The molecule has 0 saturated carbocycles. The number of benzene rings is 1. The van der Waals surface area contributed by atoms with Crippen LogP contribution < -0.4 is 15.8 Å². The quantitative estimate of drug-likeness (QED) is 0.671. The van der Waals surface area contributed by atoms with Crippen molar-refractivity contribution in [3.05, 3.63) is 29.8 Å². The van der Waals surface area contributed by atoms with Crippen LogP contribution in [0.25, 0.3) is 0 Å². The van der Waals surface area contributed by atoms with Crippen molar-refractivity contribution in [1.82, 2.24) is 5.32 Å². The Kier molecular flexibility index (Phi) is 7.04. The average Bonchev–Trinajstić information content (AvgIpc) is 2.42. The molecule has 1 aromatic carbocycles. The highest BCUT2D eigenvalue weighted by Gasteiger charge is 2.10. The number of carbonyl (C=O) groups is 1. The summed E-state index contributed by atoms with van der Waals surface area (Å²) in [4.78, 5) is 11.4. The number of hydrogen-bond acceptors (Lipinski definition) is 4. The molecule has 1 atom stereocenters. The van der Waals surface area contributed by atoms with Crippen molar-refractivity contribution >= 4 is 5.91 Å². The summed E-state index contributed by atoms with van der Waals surface area (Å²) in [5.41, 5.74) is 6.06. The first-order valence-electron chi connectivity index (χ1n) is 6.94. The average molecular weight is 280 g/mol. The number of nitrogens with one attached hydrogen (secondary N) is 1. The Morgan fingerprint density at radius 2 is 2.20 bits per heavy atom. The molecule has 5 heteroatoms. The molecule has 1 amide bonds. The summed E-state index contributed by atoms with van der Waals surface area (Å²) in [6.07, 6.45) is 0.380. The Hall–Kier alpha value is -1.59. The van der Waals surface area contributed by atoms with Gasteiger partial charge in [-0.15, -0.1) is 0 Å². The lowest BCUT2D eigenvalue weighted by Gasteiger charge is -2.15. The molecule has 0 aliphatic heterocycles. The van der Waals surface area contributed by atoms with Crippen LogP contribution in [0.2, 0.25) is 0 Å². The molecular formula is C15H24N2O3. The monoisotopic (exact) mass is 280 g/mol. The second kappa shape index (κ2) is 8.55. The summed E-state index contributed by atoms with van der Waals surface area (Å²) in [7, 11) is 0. The summed E-state index contributed by atoms with van der Waals surface area (Å²) in [5.74, 6) is 0.620. The number of aliphatic hydroxyl groups is 1. The second-order valence-corrected chi connectivity index (χ2v) is 4.95. The zero-order chi connectivity index (χ0) is 15.0. The van der Waals surface area contributed by atoms with Crippen LogP contribution in [0.3, 0.4) is 0 Å². The highest BCUT2D eigenvalue weighted by molar-refractivity contribution is 5.75. The molecule has 0 radical (unpaired) electrons. The van der Waals surface area contributed by atoms with Gasteiger partial charge in [-0.2, -0.15) is 0 Å². The first-order valence-corrected chi connectivity index (χ1v) is 6.94. The molecule has 0 bridgehead atoms. The number of aliphatic hydroxyl groups excluding tert-OH is 1. The molecule has 112 valence electrons. The maximum atomic E-state index is 11.4. The maximum absolute atomic E-state index is 11.4. The molecule has 4 N–H and O–H groups in total. The van der Waals surface area contributed by atoms with Gasteiger partial charge in [0.25, 0.3) is 0 Å². The molecule has 0 aliphatic rings. The van der Waals surface area contributed by atoms with Gasteiger partial charge in [0, 0.05) is 13.0 Å².